The van der Waals surface area contributed by atoms with Crippen LogP contribution in [0.5, 0.6) is 0 Å². The van der Waals surface area contributed by atoms with E-state index in [0.717, 1.165) is 0 Å². The molecule has 1 aliphatic heterocycles. The zero-order valence-electron chi connectivity index (χ0n) is 12.8. The van der Waals surface area contributed by atoms with Gasteiger partial charge in [-0.25, -0.2) is 14.6 Å². The van der Waals surface area contributed by atoms with E-state index in [1.165, 1.54) is 6.33 Å². The molecular weight excluding hydrogens is 286 g/mol. The van der Waals surface area contributed by atoms with Crippen LogP contribution in [0.15, 0.2) is 6.33 Å². The number of hydrogen-bond acceptors (Lipinski definition) is 8. The van der Waals surface area contributed by atoms with Crippen LogP contribution in [0.3, 0.4) is 0 Å². The second-order valence-electron chi connectivity index (χ2n) is 5.65. The van der Waals surface area contributed by atoms with Crippen LogP contribution in [0.4, 0.5) is 5.82 Å². The number of fused-ring (bicyclic) bond motifs is 1. The fourth-order valence-corrected chi connectivity index (χ4v) is 2.67. The van der Waals surface area contributed by atoms with Crippen LogP contribution in [0.1, 0.15) is 13.8 Å². The van der Waals surface area contributed by atoms with Gasteiger partial charge in [0, 0.05) is 19.1 Å². The summed E-state index contributed by atoms with van der Waals surface area (Å²) in [5.41, 5.74) is 0.789. The summed E-state index contributed by atoms with van der Waals surface area (Å²) in [6.45, 7) is 6.23. The molecule has 0 bridgehead atoms. The lowest BCUT2D eigenvalue weighted by Crippen LogP contribution is -2.63. The van der Waals surface area contributed by atoms with E-state index in [-0.39, 0.29) is 12.6 Å². The number of morpholine rings is 1. The molecule has 2 aromatic heterocycles. The van der Waals surface area contributed by atoms with E-state index in [1.54, 1.807) is 4.68 Å². The first kappa shape index (κ1) is 15.1. The van der Waals surface area contributed by atoms with Crippen LogP contribution < -0.4 is 10.6 Å². The second-order valence-corrected chi connectivity index (χ2v) is 5.65. The first-order valence-electron chi connectivity index (χ1n) is 7.42. The van der Waals surface area contributed by atoms with Gasteiger partial charge in [-0.3, -0.25) is 0 Å². The van der Waals surface area contributed by atoms with Crippen molar-refractivity contribution in [2.24, 2.45) is 0 Å². The molecule has 3 rings (SSSR count). The van der Waals surface area contributed by atoms with E-state index in [9.17, 15) is 5.11 Å². The summed E-state index contributed by atoms with van der Waals surface area (Å²) in [6.07, 6.45) is 1.49. The van der Waals surface area contributed by atoms with E-state index in [1.807, 2.05) is 13.8 Å². The third-order valence-electron chi connectivity index (χ3n) is 3.80. The molecule has 22 heavy (non-hydrogen) atoms. The number of nitrogens with one attached hydrogen (secondary N) is 2. The summed E-state index contributed by atoms with van der Waals surface area (Å²) >= 11 is 0. The molecule has 9 nitrogen and oxygen atoms in total. The molecule has 0 aliphatic carbocycles. The van der Waals surface area contributed by atoms with Crippen LogP contribution in [0.25, 0.3) is 11.2 Å². The molecule has 0 amide bonds. The number of rotatable bonds is 5. The van der Waals surface area contributed by atoms with E-state index in [2.05, 4.69) is 30.9 Å². The maximum absolute atomic E-state index is 9.75. The van der Waals surface area contributed by atoms with Crippen molar-refractivity contribution in [1.82, 2.24) is 30.3 Å². The summed E-state index contributed by atoms with van der Waals surface area (Å²) in [6, 6.07) is 0.189. The number of aromatic nitrogens is 5. The lowest BCUT2D eigenvalue weighted by molar-refractivity contribution is -0.0157. The molecule has 0 saturated carbocycles. The molecular formula is C13H21N7O2. The average Bonchev–Trinajstić information content (AvgIpc) is 2.96. The molecule has 0 unspecified atom stereocenters. The van der Waals surface area contributed by atoms with Crippen LogP contribution in [0.2, 0.25) is 0 Å². The number of anilines is 1. The van der Waals surface area contributed by atoms with E-state index in [4.69, 9.17) is 4.74 Å². The summed E-state index contributed by atoms with van der Waals surface area (Å²) < 4.78 is 7.28. The Hall–Kier alpha value is -1.84. The Kier molecular flexibility index (Phi) is 4.19. The molecule has 120 valence electrons. The van der Waals surface area contributed by atoms with Gasteiger partial charge in [0.15, 0.2) is 17.0 Å². The lowest BCUT2D eigenvalue weighted by atomic mass is 9.99. The van der Waals surface area contributed by atoms with Gasteiger partial charge in [0.05, 0.1) is 25.4 Å². The standard InChI is InChI=1S/C13H21N7O2/c1-3-20-12-10(18-19-20)11(15-8-16-12)14-5-13(6-21)7-22-4-9(2)17-13/h8-9,17,21H,3-7H2,1-2H3,(H,14,15,16)/t9-,13+/m1/s1. The van der Waals surface area contributed by atoms with Gasteiger partial charge in [-0.05, 0) is 13.8 Å². The van der Waals surface area contributed by atoms with Crippen molar-refractivity contribution in [1.29, 1.82) is 0 Å². The highest BCUT2D eigenvalue weighted by Crippen LogP contribution is 2.18. The van der Waals surface area contributed by atoms with Gasteiger partial charge >= 0.3 is 0 Å². The number of aryl methyl sites for hydroxylation is 1. The smallest absolute Gasteiger partial charge is 0.183 e. The molecule has 2 atom stereocenters. The Morgan fingerprint density at radius 3 is 3.14 bits per heavy atom. The third-order valence-corrected chi connectivity index (χ3v) is 3.80. The lowest BCUT2D eigenvalue weighted by Gasteiger charge is -2.40. The molecule has 1 saturated heterocycles. The van der Waals surface area contributed by atoms with E-state index < -0.39 is 5.54 Å². The molecule has 0 aromatic carbocycles. The van der Waals surface area contributed by atoms with Crippen molar-refractivity contribution in [2.45, 2.75) is 32.0 Å². The Morgan fingerprint density at radius 2 is 2.41 bits per heavy atom. The van der Waals surface area contributed by atoms with Crippen molar-refractivity contribution in [3.8, 4) is 0 Å². The minimum atomic E-state index is -0.532. The monoisotopic (exact) mass is 307 g/mol. The number of hydrogen-bond donors (Lipinski definition) is 3. The van der Waals surface area contributed by atoms with Crippen LogP contribution in [0, 0.1) is 0 Å². The van der Waals surface area contributed by atoms with Crippen LogP contribution in [-0.4, -0.2) is 68.0 Å². The third kappa shape index (κ3) is 2.74. The fraction of sp³-hybridized carbons (Fsp3) is 0.692. The number of aliphatic hydroxyl groups excluding tert-OH is 1. The predicted octanol–water partition coefficient (Wildman–Crippen LogP) is -0.607. The first-order valence-corrected chi connectivity index (χ1v) is 7.42. The quantitative estimate of drug-likeness (QED) is 0.671. The normalized spacial score (nSPS) is 25.5. The summed E-state index contributed by atoms with van der Waals surface area (Å²) in [5, 5.41) is 24.6. The molecule has 1 aliphatic rings. The van der Waals surface area contributed by atoms with Crippen LogP contribution in [-0.2, 0) is 11.3 Å². The Balaban J connectivity index is 1.80. The summed E-state index contributed by atoms with van der Waals surface area (Å²) in [7, 11) is 0. The van der Waals surface area contributed by atoms with E-state index >= 15 is 0 Å². The molecule has 0 radical (unpaired) electrons. The Labute approximate surface area is 128 Å². The van der Waals surface area contributed by atoms with Crippen molar-refractivity contribution >= 4 is 17.0 Å². The Bertz CT molecular complexity index is 646. The van der Waals surface area contributed by atoms with Gasteiger partial charge in [-0.2, -0.15) is 0 Å². The highest BCUT2D eigenvalue weighted by atomic mass is 16.5. The Morgan fingerprint density at radius 1 is 1.55 bits per heavy atom. The predicted molar refractivity (Wildman–Crippen MR) is 80.5 cm³/mol. The minimum absolute atomic E-state index is 0.0276. The highest BCUT2D eigenvalue weighted by Gasteiger charge is 2.35. The zero-order valence-corrected chi connectivity index (χ0v) is 12.8. The van der Waals surface area contributed by atoms with Crippen molar-refractivity contribution in [2.75, 3.05) is 31.7 Å². The number of aliphatic hydroxyl groups is 1. The second kappa shape index (κ2) is 6.11. The molecule has 3 heterocycles. The SMILES string of the molecule is CCn1nnc2c(NC[C@]3(CO)COC[C@@H](C)N3)ncnc21. The first-order chi connectivity index (χ1) is 10.7. The molecule has 3 N–H and O–H groups in total. The number of nitrogens with zero attached hydrogens (tertiary/aromatic N) is 5. The van der Waals surface area contributed by atoms with Gasteiger partial charge in [-0.1, -0.05) is 5.21 Å². The van der Waals surface area contributed by atoms with Gasteiger partial charge in [0.2, 0.25) is 0 Å². The fourth-order valence-electron chi connectivity index (χ4n) is 2.67. The molecule has 0 spiro atoms. The van der Waals surface area contributed by atoms with Gasteiger partial charge < -0.3 is 20.5 Å². The van der Waals surface area contributed by atoms with Crippen molar-refractivity contribution < 1.29 is 9.84 Å². The zero-order chi connectivity index (χ0) is 15.6. The summed E-state index contributed by atoms with van der Waals surface area (Å²) in [4.78, 5) is 8.45. The number of ether oxygens (including phenoxy) is 1. The molecule has 1 fully saturated rings. The van der Waals surface area contributed by atoms with Crippen LogP contribution >= 0.6 is 0 Å². The van der Waals surface area contributed by atoms with Crippen molar-refractivity contribution in [3.63, 3.8) is 0 Å². The largest absolute Gasteiger partial charge is 0.394 e. The summed E-state index contributed by atoms with van der Waals surface area (Å²) in [5.74, 6) is 0.609. The minimum Gasteiger partial charge on any atom is -0.394 e. The van der Waals surface area contributed by atoms with E-state index in [0.29, 0.717) is 43.3 Å². The highest BCUT2D eigenvalue weighted by molar-refractivity contribution is 5.81. The van der Waals surface area contributed by atoms with Gasteiger partial charge in [-0.15, -0.1) is 5.10 Å². The maximum Gasteiger partial charge on any atom is 0.183 e. The topological polar surface area (TPSA) is 110 Å². The maximum atomic E-state index is 9.75. The molecule has 9 heteroatoms. The molecule has 2 aromatic rings. The average molecular weight is 307 g/mol. The van der Waals surface area contributed by atoms with Gasteiger partial charge in [0.1, 0.15) is 6.33 Å². The van der Waals surface area contributed by atoms with Gasteiger partial charge in [0.25, 0.3) is 0 Å². The van der Waals surface area contributed by atoms with Crippen molar-refractivity contribution in [3.05, 3.63) is 6.33 Å².